The van der Waals surface area contributed by atoms with Crippen molar-refractivity contribution < 1.29 is 8.78 Å². The molecule has 0 amide bonds. The summed E-state index contributed by atoms with van der Waals surface area (Å²) in [5.41, 5.74) is 11.7. The summed E-state index contributed by atoms with van der Waals surface area (Å²) < 4.78 is 33.8. The Morgan fingerprint density at radius 1 is 0.471 bits per heavy atom. The normalized spacial score (nSPS) is 13.2. The van der Waals surface area contributed by atoms with Gasteiger partial charge < -0.3 is 14.4 Å². The minimum Gasteiger partial charge on any atom is -0.310 e. The van der Waals surface area contributed by atoms with E-state index < -0.39 is 0 Å². The second-order valence-corrected chi connectivity index (χ2v) is 14.2. The van der Waals surface area contributed by atoms with Gasteiger partial charge in [0.05, 0.1) is 22.4 Å². The van der Waals surface area contributed by atoms with E-state index in [1.807, 2.05) is 41.7 Å². The zero-order chi connectivity index (χ0) is 33.8. The van der Waals surface area contributed by atoms with Crippen LogP contribution in [0.25, 0.3) is 37.6 Å². The van der Waals surface area contributed by atoms with Crippen LogP contribution in [0.15, 0.2) is 158 Å². The van der Waals surface area contributed by atoms with E-state index in [-0.39, 0.29) is 18.3 Å². The second-order valence-electron chi connectivity index (χ2n) is 13.2. The van der Waals surface area contributed by atoms with Crippen molar-refractivity contribution in [3.05, 3.63) is 169 Å². The van der Waals surface area contributed by atoms with Crippen molar-refractivity contribution in [3.63, 3.8) is 0 Å². The SMILES string of the molecule is Fc1ccc(N2c3cccc4c3B(c3ccc5c6ccccc6n(-c6ccccc6)c5c3N4c3ccc(F)cc3)c3sc4ccccc4c32)cc1. The smallest absolute Gasteiger partial charge is 0.264 e. The topological polar surface area (TPSA) is 11.4 Å². The van der Waals surface area contributed by atoms with Gasteiger partial charge in [0.25, 0.3) is 6.71 Å². The molecule has 0 N–H and O–H groups in total. The third-order valence-corrected chi connectivity index (χ3v) is 11.7. The number of hydrogen-bond acceptors (Lipinski definition) is 3. The minimum atomic E-state index is -0.280. The predicted molar refractivity (Wildman–Crippen MR) is 210 cm³/mol. The number of hydrogen-bond donors (Lipinski definition) is 0. The van der Waals surface area contributed by atoms with Crippen LogP contribution >= 0.6 is 11.3 Å². The number of thiophene rings is 1. The van der Waals surface area contributed by atoms with Crippen molar-refractivity contribution in [1.82, 2.24) is 4.57 Å². The Morgan fingerprint density at radius 3 is 1.78 bits per heavy atom. The van der Waals surface area contributed by atoms with Crippen LogP contribution in [-0.4, -0.2) is 11.3 Å². The van der Waals surface area contributed by atoms with Gasteiger partial charge in [-0.15, -0.1) is 11.3 Å². The molecule has 7 heteroatoms. The van der Waals surface area contributed by atoms with E-state index in [4.69, 9.17) is 0 Å². The maximum atomic E-state index is 14.6. The minimum absolute atomic E-state index is 0.0846. The molecule has 7 aromatic carbocycles. The molecule has 0 saturated heterocycles. The lowest BCUT2D eigenvalue weighted by Crippen LogP contribution is -2.60. The van der Waals surface area contributed by atoms with E-state index in [9.17, 15) is 8.78 Å². The van der Waals surface area contributed by atoms with Gasteiger partial charge in [-0.05, 0) is 95.9 Å². The van der Waals surface area contributed by atoms with Crippen LogP contribution in [0.2, 0.25) is 0 Å². The van der Waals surface area contributed by atoms with Crippen LogP contribution in [0.4, 0.5) is 42.9 Å². The zero-order valence-electron chi connectivity index (χ0n) is 27.1. The highest BCUT2D eigenvalue weighted by Gasteiger charge is 2.46. The van der Waals surface area contributed by atoms with Gasteiger partial charge in [-0.2, -0.15) is 0 Å². The van der Waals surface area contributed by atoms with Crippen LogP contribution in [-0.2, 0) is 0 Å². The van der Waals surface area contributed by atoms with E-state index >= 15 is 0 Å². The lowest BCUT2D eigenvalue weighted by molar-refractivity contribution is 0.627. The molecule has 0 atom stereocenters. The first-order valence-corrected chi connectivity index (χ1v) is 17.8. The quantitative estimate of drug-likeness (QED) is 0.173. The van der Waals surface area contributed by atoms with Crippen molar-refractivity contribution in [3.8, 4) is 5.69 Å². The van der Waals surface area contributed by atoms with Gasteiger partial charge in [-0.3, -0.25) is 0 Å². The lowest BCUT2D eigenvalue weighted by Gasteiger charge is -2.43. The average molecular weight is 678 g/mol. The Labute approximate surface area is 296 Å². The van der Waals surface area contributed by atoms with E-state index in [1.54, 1.807) is 0 Å². The fourth-order valence-corrected chi connectivity index (χ4v) is 9.78. The molecule has 0 saturated carbocycles. The second kappa shape index (κ2) is 10.7. The highest BCUT2D eigenvalue weighted by molar-refractivity contribution is 7.33. The monoisotopic (exact) mass is 677 g/mol. The number of aromatic nitrogens is 1. The molecule has 0 radical (unpaired) electrons. The van der Waals surface area contributed by atoms with Gasteiger partial charge in [0.2, 0.25) is 0 Å². The summed E-state index contributed by atoms with van der Waals surface area (Å²) in [5, 5.41) is 3.49. The predicted octanol–water partition coefficient (Wildman–Crippen LogP) is 10.4. The van der Waals surface area contributed by atoms with Crippen molar-refractivity contribution in [2.24, 2.45) is 0 Å². The highest BCUT2D eigenvalue weighted by atomic mass is 32.1. The molecule has 3 nitrogen and oxygen atoms in total. The molecule has 240 valence electrons. The first-order chi connectivity index (χ1) is 25.2. The van der Waals surface area contributed by atoms with Gasteiger partial charge in [0, 0.05) is 54.1 Å². The molecule has 0 fully saturated rings. The van der Waals surface area contributed by atoms with Crippen LogP contribution in [0.3, 0.4) is 0 Å². The summed E-state index contributed by atoms with van der Waals surface area (Å²) in [6, 6.07) is 52.4. The van der Waals surface area contributed by atoms with Crippen LogP contribution in [0.5, 0.6) is 0 Å². The van der Waals surface area contributed by atoms with E-state index in [1.165, 1.54) is 55.4 Å². The van der Waals surface area contributed by atoms with E-state index in [0.29, 0.717) is 0 Å². The molecule has 9 aromatic rings. The number of fused-ring (bicyclic) bond motifs is 10. The number of nitrogens with zero attached hydrogens (tertiary/aromatic N) is 3. The third kappa shape index (κ3) is 3.98. The Balaban J connectivity index is 1.32. The van der Waals surface area contributed by atoms with Gasteiger partial charge >= 0.3 is 0 Å². The molecular formula is C44H26BF2N3S. The van der Waals surface area contributed by atoms with Gasteiger partial charge in [-0.1, -0.05) is 72.8 Å². The van der Waals surface area contributed by atoms with Gasteiger partial charge in [0.15, 0.2) is 0 Å². The maximum Gasteiger partial charge on any atom is 0.264 e. The number of anilines is 6. The average Bonchev–Trinajstić information content (AvgIpc) is 3.72. The maximum absolute atomic E-state index is 14.6. The molecule has 2 aliphatic heterocycles. The lowest BCUT2D eigenvalue weighted by atomic mass is 9.36. The van der Waals surface area contributed by atoms with Crippen molar-refractivity contribution >= 4 is 99.8 Å². The first-order valence-electron chi connectivity index (χ1n) is 17.0. The summed E-state index contributed by atoms with van der Waals surface area (Å²) in [5.74, 6) is -0.550. The van der Waals surface area contributed by atoms with E-state index in [2.05, 4.69) is 117 Å². The van der Waals surface area contributed by atoms with Crippen LogP contribution in [0, 0.1) is 11.6 Å². The largest absolute Gasteiger partial charge is 0.310 e. The van der Waals surface area contributed by atoms with Crippen LogP contribution in [0.1, 0.15) is 0 Å². The summed E-state index contributed by atoms with van der Waals surface area (Å²) in [6.45, 7) is -0.0846. The fraction of sp³-hybridized carbons (Fsp3) is 0. The third-order valence-electron chi connectivity index (χ3n) is 10.5. The summed E-state index contributed by atoms with van der Waals surface area (Å²) >= 11 is 1.82. The van der Waals surface area contributed by atoms with E-state index in [0.717, 1.165) is 56.2 Å². The molecule has 2 aliphatic rings. The molecule has 0 spiro atoms. The molecule has 51 heavy (non-hydrogen) atoms. The number of benzene rings is 7. The number of rotatable bonds is 3. The number of halogens is 2. The Morgan fingerprint density at radius 2 is 1.08 bits per heavy atom. The molecule has 0 bridgehead atoms. The highest BCUT2D eigenvalue weighted by Crippen LogP contribution is 2.49. The Kier molecular flexibility index (Phi) is 5.99. The van der Waals surface area contributed by atoms with Crippen LogP contribution < -0.4 is 25.5 Å². The van der Waals surface area contributed by atoms with Crippen molar-refractivity contribution in [1.29, 1.82) is 0 Å². The van der Waals surface area contributed by atoms with Gasteiger partial charge in [0.1, 0.15) is 11.6 Å². The first kappa shape index (κ1) is 28.6. The number of para-hydroxylation sites is 2. The standard InChI is InChI=1S/C44H26BF2N3S/c46-27-17-21-30(22-18-27)49-37-14-8-15-38-40(37)45(44-42(49)34-12-5-7-16-39(34)51-44)35-26-25-33-32-11-4-6-13-36(32)48(29-9-2-1-3-10-29)41(33)43(35)50(38)31-23-19-28(47)20-24-31/h1-26H. The molecule has 2 aromatic heterocycles. The Bertz CT molecular complexity index is 2840. The zero-order valence-corrected chi connectivity index (χ0v) is 27.9. The van der Waals surface area contributed by atoms with Crippen molar-refractivity contribution in [2.45, 2.75) is 0 Å². The molecular weight excluding hydrogens is 651 g/mol. The van der Waals surface area contributed by atoms with Gasteiger partial charge in [-0.25, -0.2) is 8.78 Å². The summed E-state index contributed by atoms with van der Waals surface area (Å²) in [7, 11) is 0. The fourth-order valence-electron chi connectivity index (χ4n) is 8.46. The summed E-state index contributed by atoms with van der Waals surface area (Å²) in [4.78, 5) is 4.63. The molecule has 0 aliphatic carbocycles. The summed E-state index contributed by atoms with van der Waals surface area (Å²) in [6.07, 6.45) is 0. The molecule has 11 rings (SSSR count). The molecule has 0 unspecified atom stereocenters. The molecule has 4 heterocycles. The van der Waals surface area contributed by atoms with Crippen molar-refractivity contribution in [2.75, 3.05) is 9.80 Å². The Hall–Kier alpha value is -6.18.